The average molecular weight is 419 g/mol. The number of hydrogen-bond acceptors (Lipinski definition) is 7. The fourth-order valence-corrected chi connectivity index (χ4v) is 4.11. The molecule has 9 heteroatoms. The molecule has 0 aliphatic carbocycles. The van der Waals surface area contributed by atoms with E-state index >= 15 is 0 Å². The summed E-state index contributed by atoms with van der Waals surface area (Å²) >= 11 is 4.52. The molecule has 0 bridgehead atoms. The van der Waals surface area contributed by atoms with Crippen LogP contribution in [0.15, 0.2) is 23.1 Å². The Morgan fingerprint density at radius 1 is 1.27 bits per heavy atom. The number of carbonyl (C=O) groups is 1. The van der Waals surface area contributed by atoms with Crippen LogP contribution in [0, 0.1) is 5.41 Å². The van der Waals surface area contributed by atoms with Gasteiger partial charge in [0.2, 0.25) is 11.0 Å². The Morgan fingerprint density at radius 3 is 2.50 bits per heavy atom. The highest BCUT2D eigenvalue weighted by Gasteiger charge is 2.44. The summed E-state index contributed by atoms with van der Waals surface area (Å²) in [7, 11) is 0. The number of aromatic nitrogens is 2. The monoisotopic (exact) mass is 418 g/mol. The maximum absolute atomic E-state index is 14.2. The number of halogens is 1. The maximum atomic E-state index is 14.2. The Morgan fingerprint density at radius 2 is 1.92 bits per heavy atom. The lowest BCUT2D eigenvalue weighted by atomic mass is 9.78. The highest BCUT2D eigenvalue weighted by molar-refractivity contribution is 8.06. The van der Waals surface area contributed by atoms with Crippen LogP contribution >= 0.6 is 34.9 Å². The molecule has 0 saturated heterocycles. The van der Waals surface area contributed by atoms with Gasteiger partial charge >= 0.3 is 0 Å². The number of hydrogen-bond donors (Lipinski definition) is 2. The number of aryl methyl sites for hydroxylation is 1. The number of nitrogens with two attached hydrogens (primary N) is 1. The van der Waals surface area contributed by atoms with Crippen LogP contribution in [0.1, 0.15) is 39.1 Å². The van der Waals surface area contributed by atoms with Gasteiger partial charge in [0, 0.05) is 6.42 Å². The maximum Gasteiger partial charge on any atom is 0.235 e. The zero-order chi connectivity index (χ0) is 20.0. The van der Waals surface area contributed by atoms with Crippen LogP contribution in [-0.4, -0.2) is 33.3 Å². The van der Waals surface area contributed by atoms with Crippen LogP contribution in [-0.2, 0) is 11.2 Å². The number of amides is 1. The predicted octanol–water partition coefficient (Wildman–Crippen LogP) is 4.59. The second-order valence-electron chi connectivity index (χ2n) is 6.77. The third-order valence-corrected chi connectivity index (χ3v) is 6.64. The van der Waals surface area contributed by atoms with E-state index in [4.69, 9.17) is 5.73 Å². The Kier molecular flexibility index (Phi) is 8.62. The van der Waals surface area contributed by atoms with Crippen molar-refractivity contribution < 1.29 is 9.18 Å². The van der Waals surface area contributed by atoms with Gasteiger partial charge in [-0.05, 0) is 50.5 Å². The summed E-state index contributed by atoms with van der Waals surface area (Å²) in [6, 6.07) is 0. The lowest BCUT2D eigenvalue weighted by Crippen LogP contribution is -2.44. The first-order chi connectivity index (χ1) is 11.9. The second-order valence-corrected chi connectivity index (χ2v) is 10.4. The van der Waals surface area contributed by atoms with Gasteiger partial charge in [-0.3, -0.25) is 10.1 Å². The smallest absolute Gasteiger partial charge is 0.235 e. The molecule has 0 unspecified atom stereocenters. The van der Waals surface area contributed by atoms with Crippen LogP contribution in [0.5, 0.6) is 0 Å². The van der Waals surface area contributed by atoms with Crippen LogP contribution in [0.4, 0.5) is 9.52 Å². The largest absolute Gasteiger partial charge is 0.394 e. The van der Waals surface area contributed by atoms with E-state index in [2.05, 4.69) is 28.7 Å². The standard InChI is InChI=1S/C17H27FN4OS3/c1-11(25-12(2)19)7-9-24-10-8-13-21-22-15(26-13)20-14(23)16(3,4)17(5,6)18/h1-2,7-10,19H2,3-6H3,(H,20,22,23). The summed E-state index contributed by atoms with van der Waals surface area (Å²) in [4.78, 5) is 13.3. The van der Waals surface area contributed by atoms with E-state index in [0.29, 0.717) is 10.2 Å². The molecular weight excluding hydrogens is 391 g/mol. The van der Waals surface area contributed by atoms with Crippen molar-refractivity contribution in [3.8, 4) is 0 Å². The van der Waals surface area contributed by atoms with Crippen LogP contribution < -0.4 is 11.1 Å². The number of rotatable bonds is 11. The second kappa shape index (κ2) is 9.75. The van der Waals surface area contributed by atoms with E-state index in [0.717, 1.165) is 34.3 Å². The van der Waals surface area contributed by atoms with Crippen molar-refractivity contribution in [2.24, 2.45) is 11.1 Å². The Hall–Kier alpha value is -1.06. The highest BCUT2D eigenvalue weighted by atomic mass is 32.2. The molecular formula is C17H27FN4OS3. The van der Waals surface area contributed by atoms with Crippen molar-refractivity contribution in [3.05, 3.63) is 28.1 Å². The molecule has 0 spiro atoms. The molecule has 0 fully saturated rings. The lowest BCUT2D eigenvalue weighted by molar-refractivity contribution is -0.130. The lowest BCUT2D eigenvalue weighted by Gasteiger charge is -2.32. The van der Waals surface area contributed by atoms with Gasteiger partial charge < -0.3 is 5.73 Å². The number of allylic oxidation sites excluding steroid dienone is 1. The van der Waals surface area contributed by atoms with E-state index in [-0.39, 0.29) is 0 Å². The third kappa shape index (κ3) is 7.28. The number of anilines is 1. The summed E-state index contributed by atoms with van der Waals surface area (Å²) in [6.07, 6.45) is 1.64. The van der Waals surface area contributed by atoms with Crippen molar-refractivity contribution >= 4 is 45.9 Å². The fourth-order valence-electron chi connectivity index (χ4n) is 1.61. The Labute approximate surface area is 167 Å². The van der Waals surface area contributed by atoms with Gasteiger partial charge in [0.25, 0.3) is 0 Å². The molecule has 0 radical (unpaired) electrons. The third-order valence-electron chi connectivity index (χ3n) is 4.00. The van der Waals surface area contributed by atoms with Crippen molar-refractivity contribution in [2.45, 2.75) is 46.2 Å². The van der Waals surface area contributed by atoms with E-state index in [1.165, 1.54) is 36.9 Å². The molecule has 146 valence electrons. The molecule has 0 aromatic carbocycles. The van der Waals surface area contributed by atoms with Gasteiger partial charge in [-0.25, -0.2) is 4.39 Å². The molecule has 1 heterocycles. The van der Waals surface area contributed by atoms with Crippen LogP contribution in [0.3, 0.4) is 0 Å². The number of alkyl halides is 1. The summed E-state index contributed by atoms with van der Waals surface area (Å²) in [6.45, 7) is 13.5. The van der Waals surface area contributed by atoms with Crippen LogP contribution in [0.25, 0.3) is 0 Å². The predicted molar refractivity (Wildman–Crippen MR) is 113 cm³/mol. The van der Waals surface area contributed by atoms with Gasteiger partial charge in [-0.15, -0.1) is 10.2 Å². The number of thioether (sulfide) groups is 2. The molecule has 0 saturated carbocycles. The molecule has 0 aliphatic heterocycles. The number of nitrogens with zero attached hydrogens (tertiary/aromatic N) is 2. The minimum absolute atomic E-state index is 0.401. The van der Waals surface area contributed by atoms with E-state index in [9.17, 15) is 9.18 Å². The molecule has 3 N–H and O–H groups in total. The number of carbonyl (C=O) groups excluding carboxylic acids is 1. The minimum atomic E-state index is -1.64. The molecule has 1 rings (SSSR count). The summed E-state index contributed by atoms with van der Waals surface area (Å²) in [5.41, 5.74) is 2.72. The zero-order valence-corrected chi connectivity index (χ0v) is 18.2. The quantitative estimate of drug-likeness (QED) is 0.512. The molecule has 0 atom stereocenters. The first-order valence-corrected chi connectivity index (χ1v) is 10.9. The van der Waals surface area contributed by atoms with Crippen molar-refractivity contribution in [2.75, 3.05) is 16.8 Å². The molecule has 1 aromatic rings. The molecule has 26 heavy (non-hydrogen) atoms. The topological polar surface area (TPSA) is 80.9 Å². The normalized spacial score (nSPS) is 12.0. The van der Waals surface area contributed by atoms with Gasteiger partial charge in [0.05, 0.1) is 10.4 Å². The van der Waals surface area contributed by atoms with E-state index in [1.807, 2.05) is 0 Å². The summed E-state index contributed by atoms with van der Waals surface area (Å²) in [5, 5.41) is 12.5. The summed E-state index contributed by atoms with van der Waals surface area (Å²) < 4.78 is 14.2. The Bertz CT molecular complexity index is 653. The van der Waals surface area contributed by atoms with Gasteiger partial charge in [0.1, 0.15) is 10.7 Å². The number of nitrogens with one attached hydrogen (secondary N) is 1. The Balaban J connectivity index is 2.39. The van der Waals surface area contributed by atoms with Gasteiger partial charge in [-0.2, -0.15) is 11.8 Å². The zero-order valence-electron chi connectivity index (χ0n) is 15.7. The van der Waals surface area contributed by atoms with E-state index in [1.54, 1.807) is 25.6 Å². The molecule has 1 amide bonds. The first kappa shape index (κ1) is 23.0. The van der Waals surface area contributed by atoms with Crippen molar-refractivity contribution in [1.29, 1.82) is 0 Å². The minimum Gasteiger partial charge on any atom is -0.394 e. The average Bonchev–Trinajstić information content (AvgIpc) is 2.92. The molecule has 5 nitrogen and oxygen atoms in total. The highest BCUT2D eigenvalue weighted by Crippen LogP contribution is 2.35. The van der Waals surface area contributed by atoms with Crippen molar-refractivity contribution in [1.82, 2.24) is 10.2 Å². The van der Waals surface area contributed by atoms with Crippen LogP contribution in [0.2, 0.25) is 0 Å². The fraction of sp³-hybridized carbons (Fsp3) is 0.588. The SMILES string of the molecule is C=C(N)SC(=C)CCSCCc1nnc(NC(=O)C(C)(C)C(C)(C)F)s1. The van der Waals surface area contributed by atoms with Crippen molar-refractivity contribution in [3.63, 3.8) is 0 Å². The van der Waals surface area contributed by atoms with E-state index < -0.39 is 17.0 Å². The van der Waals surface area contributed by atoms with Gasteiger partial charge in [0.15, 0.2) is 0 Å². The first-order valence-electron chi connectivity index (χ1n) is 8.14. The molecule has 1 aromatic heterocycles. The summed E-state index contributed by atoms with van der Waals surface area (Å²) in [5.74, 6) is 1.44. The molecule has 0 aliphatic rings. The van der Waals surface area contributed by atoms with Gasteiger partial charge in [-0.1, -0.05) is 36.3 Å².